The summed E-state index contributed by atoms with van der Waals surface area (Å²) in [5, 5.41) is 18.3. The fourth-order valence-electron chi connectivity index (χ4n) is 1.86. The van der Waals surface area contributed by atoms with Crippen LogP contribution in [-0.2, 0) is 0 Å². The van der Waals surface area contributed by atoms with Crippen molar-refractivity contribution in [2.24, 2.45) is 0 Å². The van der Waals surface area contributed by atoms with E-state index in [0.717, 1.165) is 17.2 Å². The van der Waals surface area contributed by atoms with E-state index in [1.165, 1.54) is 0 Å². The standard InChI is InChI=1S/C12H14N2O2/c1-8-11(12(15)16)13-9(2)14(8)10-6-4-3-5-7-10/h3-7,12,15-16H,1-2H3. The first-order valence-electron chi connectivity index (χ1n) is 5.08. The number of para-hydroxylation sites is 1. The van der Waals surface area contributed by atoms with Crippen molar-refractivity contribution in [3.8, 4) is 5.69 Å². The van der Waals surface area contributed by atoms with E-state index >= 15 is 0 Å². The third-order valence-corrected chi connectivity index (χ3v) is 2.57. The molecule has 1 heterocycles. The number of hydrogen-bond acceptors (Lipinski definition) is 3. The maximum atomic E-state index is 9.17. The predicted octanol–water partition coefficient (Wildman–Crippen LogP) is 1.47. The van der Waals surface area contributed by atoms with Gasteiger partial charge in [-0.3, -0.25) is 0 Å². The summed E-state index contributed by atoms with van der Waals surface area (Å²) in [5.41, 5.74) is 2.02. The molecule has 0 aliphatic carbocycles. The Kier molecular flexibility index (Phi) is 2.77. The molecule has 0 unspecified atom stereocenters. The van der Waals surface area contributed by atoms with Crippen molar-refractivity contribution < 1.29 is 10.2 Å². The summed E-state index contributed by atoms with van der Waals surface area (Å²) in [6.45, 7) is 3.66. The first kappa shape index (κ1) is 10.9. The van der Waals surface area contributed by atoms with E-state index < -0.39 is 6.29 Å². The molecule has 0 atom stereocenters. The van der Waals surface area contributed by atoms with Gasteiger partial charge < -0.3 is 14.8 Å². The van der Waals surface area contributed by atoms with Crippen molar-refractivity contribution in [3.05, 3.63) is 47.5 Å². The van der Waals surface area contributed by atoms with Crippen LogP contribution in [0.1, 0.15) is 23.5 Å². The predicted molar refractivity (Wildman–Crippen MR) is 60.2 cm³/mol. The van der Waals surface area contributed by atoms with E-state index in [1.807, 2.05) is 48.7 Å². The second kappa shape index (κ2) is 4.08. The minimum absolute atomic E-state index is 0.307. The molecular formula is C12H14N2O2. The number of nitrogens with zero attached hydrogens (tertiary/aromatic N) is 2. The topological polar surface area (TPSA) is 58.3 Å². The summed E-state index contributed by atoms with van der Waals surface area (Å²) >= 11 is 0. The van der Waals surface area contributed by atoms with E-state index in [2.05, 4.69) is 4.98 Å². The first-order chi connectivity index (χ1) is 7.61. The lowest BCUT2D eigenvalue weighted by Gasteiger charge is -2.08. The average molecular weight is 218 g/mol. The van der Waals surface area contributed by atoms with Crippen LogP contribution >= 0.6 is 0 Å². The van der Waals surface area contributed by atoms with Gasteiger partial charge in [-0.1, -0.05) is 18.2 Å². The van der Waals surface area contributed by atoms with Gasteiger partial charge in [-0.25, -0.2) is 4.98 Å². The molecule has 4 heteroatoms. The van der Waals surface area contributed by atoms with Crippen molar-refractivity contribution in [2.75, 3.05) is 0 Å². The van der Waals surface area contributed by atoms with Gasteiger partial charge in [-0.15, -0.1) is 0 Å². The number of rotatable bonds is 2. The molecule has 2 aromatic rings. The number of aromatic nitrogens is 2. The van der Waals surface area contributed by atoms with Gasteiger partial charge in [-0.05, 0) is 26.0 Å². The van der Waals surface area contributed by atoms with Crippen molar-refractivity contribution >= 4 is 0 Å². The number of aryl methyl sites for hydroxylation is 1. The molecule has 0 saturated carbocycles. The Morgan fingerprint density at radius 2 is 1.75 bits per heavy atom. The Hall–Kier alpha value is -1.65. The summed E-state index contributed by atoms with van der Waals surface area (Å²) in [4.78, 5) is 4.15. The van der Waals surface area contributed by atoms with Crippen LogP contribution in [0.5, 0.6) is 0 Å². The number of aliphatic hydroxyl groups is 2. The molecule has 0 spiro atoms. The zero-order valence-corrected chi connectivity index (χ0v) is 9.25. The summed E-state index contributed by atoms with van der Waals surface area (Å²) < 4.78 is 1.90. The molecule has 1 aromatic heterocycles. The molecule has 16 heavy (non-hydrogen) atoms. The van der Waals surface area contributed by atoms with Gasteiger partial charge in [0.25, 0.3) is 0 Å². The Balaban J connectivity index is 2.58. The van der Waals surface area contributed by atoms with Crippen LogP contribution in [0.2, 0.25) is 0 Å². The van der Waals surface area contributed by atoms with Crippen molar-refractivity contribution in [3.63, 3.8) is 0 Å². The highest BCUT2D eigenvalue weighted by molar-refractivity contribution is 5.37. The van der Waals surface area contributed by atoms with E-state index in [9.17, 15) is 0 Å². The van der Waals surface area contributed by atoms with Gasteiger partial charge in [0.05, 0.1) is 0 Å². The molecule has 0 radical (unpaired) electrons. The second-order valence-corrected chi connectivity index (χ2v) is 3.67. The summed E-state index contributed by atoms with van der Waals surface area (Å²) in [6.07, 6.45) is -1.52. The quantitative estimate of drug-likeness (QED) is 0.750. The first-order valence-corrected chi connectivity index (χ1v) is 5.08. The van der Waals surface area contributed by atoms with Crippen LogP contribution in [-0.4, -0.2) is 19.8 Å². The fourth-order valence-corrected chi connectivity index (χ4v) is 1.86. The normalized spacial score (nSPS) is 11.1. The highest BCUT2D eigenvalue weighted by Crippen LogP contribution is 2.20. The summed E-state index contributed by atoms with van der Waals surface area (Å²) in [6, 6.07) is 9.71. The van der Waals surface area contributed by atoms with Crippen LogP contribution < -0.4 is 0 Å². The Bertz CT molecular complexity index is 489. The highest BCUT2D eigenvalue weighted by atomic mass is 16.5. The summed E-state index contributed by atoms with van der Waals surface area (Å²) in [5.74, 6) is 0.742. The van der Waals surface area contributed by atoms with E-state index in [1.54, 1.807) is 0 Å². The van der Waals surface area contributed by atoms with Gasteiger partial charge in [-0.2, -0.15) is 0 Å². The van der Waals surface area contributed by atoms with Crippen LogP contribution in [0.25, 0.3) is 5.69 Å². The zero-order valence-electron chi connectivity index (χ0n) is 9.25. The highest BCUT2D eigenvalue weighted by Gasteiger charge is 2.16. The molecule has 0 saturated heterocycles. The van der Waals surface area contributed by atoms with E-state index in [4.69, 9.17) is 10.2 Å². The number of imidazole rings is 1. The maximum absolute atomic E-state index is 9.17. The molecule has 4 nitrogen and oxygen atoms in total. The Labute approximate surface area is 93.8 Å². The molecule has 0 amide bonds. The van der Waals surface area contributed by atoms with Crippen LogP contribution in [0.3, 0.4) is 0 Å². The molecule has 0 aliphatic heterocycles. The van der Waals surface area contributed by atoms with E-state index in [0.29, 0.717) is 5.69 Å². The third kappa shape index (κ3) is 1.73. The van der Waals surface area contributed by atoms with Gasteiger partial charge in [0, 0.05) is 11.4 Å². The minimum Gasteiger partial charge on any atom is -0.363 e. The smallest absolute Gasteiger partial charge is 0.197 e. The number of hydrogen-bond donors (Lipinski definition) is 2. The molecular weight excluding hydrogens is 204 g/mol. The molecule has 2 N–H and O–H groups in total. The third-order valence-electron chi connectivity index (χ3n) is 2.57. The largest absolute Gasteiger partial charge is 0.363 e. The lowest BCUT2D eigenvalue weighted by molar-refractivity contribution is -0.0461. The minimum atomic E-state index is -1.52. The molecule has 1 aromatic carbocycles. The van der Waals surface area contributed by atoms with Gasteiger partial charge >= 0.3 is 0 Å². The second-order valence-electron chi connectivity index (χ2n) is 3.67. The van der Waals surface area contributed by atoms with Crippen LogP contribution in [0.4, 0.5) is 0 Å². The van der Waals surface area contributed by atoms with Crippen molar-refractivity contribution in [2.45, 2.75) is 20.1 Å². The molecule has 0 bridgehead atoms. The fraction of sp³-hybridized carbons (Fsp3) is 0.250. The molecule has 2 rings (SSSR count). The van der Waals surface area contributed by atoms with Crippen LogP contribution in [0.15, 0.2) is 30.3 Å². The Morgan fingerprint density at radius 1 is 1.12 bits per heavy atom. The monoisotopic (exact) mass is 218 g/mol. The van der Waals surface area contributed by atoms with Crippen molar-refractivity contribution in [1.82, 2.24) is 9.55 Å². The van der Waals surface area contributed by atoms with Gasteiger partial charge in [0.1, 0.15) is 11.5 Å². The lowest BCUT2D eigenvalue weighted by atomic mass is 10.3. The lowest BCUT2D eigenvalue weighted by Crippen LogP contribution is -2.01. The molecule has 0 fully saturated rings. The maximum Gasteiger partial charge on any atom is 0.197 e. The number of benzene rings is 1. The molecule has 0 aliphatic rings. The van der Waals surface area contributed by atoms with Gasteiger partial charge in [0.15, 0.2) is 6.29 Å². The molecule has 84 valence electrons. The summed E-state index contributed by atoms with van der Waals surface area (Å²) in [7, 11) is 0. The van der Waals surface area contributed by atoms with Crippen molar-refractivity contribution in [1.29, 1.82) is 0 Å². The van der Waals surface area contributed by atoms with Gasteiger partial charge in [0.2, 0.25) is 0 Å². The van der Waals surface area contributed by atoms with E-state index in [-0.39, 0.29) is 0 Å². The van der Waals surface area contributed by atoms with Crippen LogP contribution in [0, 0.1) is 13.8 Å². The number of aliphatic hydroxyl groups excluding tert-OH is 1. The SMILES string of the molecule is Cc1nc(C(O)O)c(C)n1-c1ccccc1. The zero-order chi connectivity index (χ0) is 11.7. The average Bonchev–Trinajstić information content (AvgIpc) is 2.56. The Morgan fingerprint density at radius 3 is 2.25 bits per heavy atom.